The summed E-state index contributed by atoms with van der Waals surface area (Å²) in [4.78, 5) is 2.75. The summed E-state index contributed by atoms with van der Waals surface area (Å²) >= 11 is 0. The van der Waals surface area contributed by atoms with Crippen molar-refractivity contribution in [2.45, 2.75) is 51.6 Å². The lowest BCUT2D eigenvalue weighted by Crippen LogP contribution is -2.47. The molecule has 1 heterocycles. The third-order valence-corrected chi connectivity index (χ3v) is 4.98. The molecular formula is C18H28N2. The summed E-state index contributed by atoms with van der Waals surface area (Å²) in [6, 6.07) is 10.2. The molecule has 1 saturated heterocycles. The van der Waals surface area contributed by atoms with E-state index in [2.05, 4.69) is 48.3 Å². The van der Waals surface area contributed by atoms with Crippen LogP contribution >= 0.6 is 0 Å². The molecule has 110 valence electrons. The van der Waals surface area contributed by atoms with Crippen LogP contribution in [0.15, 0.2) is 24.3 Å². The van der Waals surface area contributed by atoms with Crippen LogP contribution in [0.2, 0.25) is 0 Å². The van der Waals surface area contributed by atoms with Gasteiger partial charge in [-0.15, -0.1) is 0 Å². The van der Waals surface area contributed by atoms with Crippen LogP contribution in [0, 0.1) is 5.92 Å². The molecule has 1 fully saturated rings. The summed E-state index contributed by atoms with van der Waals surface area (Å²) in [6.45, 7) is 8.35. The van der Waals surface area contributed by atoms with Gasteiger partial charge < -0.3 is 5.32 Å². The van der Waals surface area contributed by atoms with E-state index in [1.807, 2.05) is 0 Å². The molecular weight excluding hydrogens is 244 g/mol. The number of piperidine rings is 1. The second kappa shape index (κ2) is 6.28. The van der Waals surface area contributed by atoms with E-state index in [-0.39, 0.29) is 0 Å². The summed E-state index contributed by atoms with van der Waals surface area (Å²) in [5.74, 6) is 0.860. The summed E-state index contributed by atoms with van der Waals surface area (Å²) in [5, 5.41) is 3.81. The highest BCUT2D eigenvalue weighted by molar-refractivity contribution is 5.37. The van der Waals surface area contributed by atoms with Crippen molar-refractivity contribution in [2.75, 3.05) is 19.6 Å². The Bertz CT molecular complexity index is 443. The SMILES string of the molecule is CCCNC1c2ccccc2CC1N1CCCC(C)C1. The van der Waals surface area contributed by atoms with E-state index < -0.39 is 0 Å². The largest absolute Gasteiger partial charge is 0.309 e. The minimum atomic E-state index is 0.538. The van der Waals surface area contributed by atoms with Crippen molar-refractivity contribution in [1.82, 2.24) is 10.2 Å². The molecule has 0 aromatic heterocycles. The van der Waals surface area contributed by atoms with Gasteiger partial charge in [0.2, 0.25) is 0 Å². The molecule has 3 unspecified atom stereocenters. The predicted molar refractivity (Wildman–Crippen MR) is 84.9 cm³/mol. The lowest BCUT2D eigenvalue weighted by atomic mass is 9.96. The predicted octanol–water partition coefficient (Wildman–Crippen LogP) is 3.38. The molecule has 1 aromatic carbocycles. The van der Waals surface area contributed by atoms with Crippen LogP contribution in [0.1, 0.15) is 50.3 Å². The first kappa shape index (κ1) is 14.1. The third-order valence-electron chi connectivity index (χ3n) is 4.98. The van der Waals surface area contributed by atoms with Crippen molar-refractivity contribution in [3.63, 3.8) is 0 Å². The van der Waals surface area contributed by atoms with Gasteiger partial charge in [0.15, 0.2) is 0 Å². The van der Waals surface area contributed by atoms with Crippen LogP contribution in [0.25, 0.3) is 0 Å². The van der Waals surface area contributed by atoms with Crippen LogP contribution in [0.3, 0.4) is 0 Å². The third kappa shape index (κ3) is 2.77. The average molecular weight is 272 g/mol. The number of fused-ring (bicyclic) bond motifs is 1. The number of likely N-dealkylation sites (tertiary alicyclic amines) is 1. The molecule has 2 nitrogen and oxygen atoms in total. The molecule has 3 rings (SSSR count). The first-order valence-corrected chi connectivity index (χ1v) is 8.34. The van der Waals surface area contributed by atoms with Gasteiger partial charge in [-0.05, 0) is 55.8 Å². The van der Waals surface area contributed by atoms with Gasteiger partial charge in [0, 0.05) is 18.6 Å². The number of rotatable bonds is 4. The van der Waals surface area contributed by atoms with Gasteiger partial charge in [-0.1, -0.05) is 38.1 Å². The molecule has 3 atom stereocenters. The molecule has 1 aliphatic carbocycles. The quantitative estimate of drug-likeness (QED) is 0.904. The van der Waals surface area contributed by atoms with Gasteiger partial charge in [0.05, 0.1) is 0 Å². The van der Waals surface area contributed by atoms with Gasteiger partial charge in [0.25, 0.3) is 0 Å². The van der Waals surface area contributed by atoms with E-state index in [4.69, 9.17) is 0 Å². The average Bonchev–Trinajstić information content (AvgIpc) is 2.84. The highest BCUT2D eigenvalue weighted by Crippen LogP contribution is 2.36. The monoisotopic (exact) mass is 272 g/mol. The summed E-state index contributed by atoms with van der Waals surface area (Å²) < 4.78 is 0. The summed E-state index contributed by atoms with van der Waals surface area (Å²) in [7, 11) is 0. The number of hydrogen-bond acceptors (Lipinski definition) is 2. The van der Waals surface area contributed by atoms with Crippen molar-refractivity contribution < 1.29 is 0 Å². The zero-order valence-corrected chi connectivity index (χ0v) is 12.9. The van der Waals surface area contributed by atoms with Crippen LogP contribution in [-0.4, -0.2) is 30.6 Å². The van der Waals surface area contributed by atoms with Crippen molar-refractivity contribution in [3.05, 3.63) is 35.4 Å². The summed E-state index contributed by atoms with van der Waals surface area (Å²) in [6.07, 6.45) is 5.21. The molecule has 1 aliphatic heterocycles. The van der Waals surface area contributed by atoms with Crippen molar-refractivity contribution in [3.8, 4) is 0 Å². The lowest BCUT2D eigenvalue weighted by Gasteiger charge is -2.38. The Morgan fingerprint density at radius 1 is 1.30 bits per heavy atom. The zero-order valence-electron chi connectivity index (χ0n) is 12.9. The fourth-order valence-electron chi connectivity index (χ4n) is 3.99. The molecule has 0 radical (unpaired) electrons. The maximum Gasteiger partial charge on any atom is 0.0484 e. The number of hydrogen-bond donors (Lipinski definition) is 1. The van der Waals surface area contributed by atoms with Crippen LogP contribution < -0.4 is 5.32 Å². The van der Waals surface area contributed by atoms with Crippen LogP contribution in [0.5, 0.6) is 0 Å². The topological polar surface area (TPSA) is 15.3 Å². The van der Waals surface area contributed by atoms with E-state index in [9.17, 15) is 0 Å². The molecule has 2 aliphatic rings. The molecule has 1 aromatic rings. The van der Waals surface area contributed by atoms with Gasteiger partial charge in [-0.3, -0.25) is 4.90 Å². The maximum atomic E-state index is 3.81. The molecule has 0 bridgehead atoms. The number of nitrogens with one attached hydrogen (secondary N) is 1. The molecule has 0 saturated carbocycles. The first-order valence-electron chi connectivity index (χ1n) is 8.34. The highest BCUT2D eigenvalue weighted by Gasteiger charge is 2.36. The van der Waals surface area contributed by atoms with E-state index in [0.29, 0.717) is 12.1 Å². The summed E-state index contributed by atoms with van der Waals surface area (Å²) in [5.41, 5.74) is 3.11. The molecule has 0 spiro atoms. The number of nitrogens with zero attached hydrogens (tertiary/aromatic N) is 1. The van der Waals surface area contributed by atoms with E-state index in [1.165, 1.54) is 38.8 Å². The van der Waals surface area contributed by atoms with Crippen LogP contribution in [-0.2, 0) is 6.42 Å². The Labute approximate surface area is 123 Å². The Morgan fingerprint density at radius 2 is 2.15 bits per heavy atom. The Kier molecular flexibility index (Phi) is 4.42. The van der Waals surface area contributed by atoms with E-state index in [1.54, 1.807) is 11.1 Å². The highest BCUT2D eigenvalue weighted by atomic mass is 15.2. The standard InChI is InChI=1S/C18H28N2/c1-3-10-19-18-16-9-5-4-8-15(16)12-17(18)20-11-6-7-14(2)13-20/h4-5,8-9,14,17-19H,3,6-7,10-13H2,1-2H3. The lowest BCUT2D eigenvalue weighted by molar-refractivity contribution is 0.110. The minimum absolute atomic E-state index is 0.538. The van der Waals surface area contributed by atoms with Crippen molar-refractivity contribution in [2.24, 2.45) is 5.92 Å². The molecule has 1 N–H and O–H groups in total. The van der Waals surface area contributed by atoms with Gasteiger partial charge >= 0.3 is 0 Å². The smallest absolute Gasteiger partial charge is 0.0484 e. The molecule has 0 amide bonds. The number of benzene rings is 1. The zero-order chi connectivity index (χ0) is 13.9. The second-order valence-corrected chi connectivity index (χ2v) is 6.64. The van der Waals surface area contributed by atoms with Gasteiger partial charge in [0.1, 0.15) is 0 Å². The fraction of sp³-hybridized carbons (Fsp3) is 0.667. The second-order valence-electron chi connectivity index (χ2n) is 6.64. The van der Waals surface area contributed by atoms with Crippen molar-refractivity contribution >= 4 is 0 Å². The normalized spacial score (nSPS) is 30.4. The molecule has 20 heavy (non-hydrogen) atoms. The van der Waals surface area contributed by atoms with Gasteiger partial charge in [-0.25, -0.2) is 0 Å². The Hall–Kier alpha value is -0.860. The van der Waals surface area contributed by atoms with Crippen molar-refractivity contribution in [1.29, 1.82) is 0 Å². The minimum Gasteiger partial charge on any atom is -0.309 e. The maximum absolute atomic E-state index is 3.81. The Morgan fingerprint density at radius 3 is 2.95 bits per heavy atom. The van der Waals surface area contributed by atoms with E-state index in [0.717, 1.165) is 12.5 Å². The Balaban J connectivity index is 1.79. The van der Waals surface area contributed by atoms with Crippen LogP contribution in [0.4, 0.5) is 0 Å². The van der Waals surface area contributed by atoms with Gasteiger partial charge in [-0.2, -0.15) is 0 Å². The first-order chi connectivity index (χ1) is 9.79. The fourth-order valence-corrected chi connectivity index (χ4v) is 3.99. The van der Waals surface area contributed by atoms with E-state index >= 15 is 0 Å². The molecule has 2 heteroatoms.